The van der Waals surface area contributed by atoms with Crippen molar-refractivity contribution in [1.29, 1.82) is 0 Å². The lowest BCUT2D eigenvalue weighted by molar-refractivity contribution is -0.122. The first-order chi connectivity index (χ1) is 9.72. The van der Waals surface area contributed by atoms with Crippen molar-refractivity contribution in [3.8, 4) is 5.82 Å². The molecule has 1 aliphatic heterocycles. The van der Waals surface area contributed by atoms with E-state index in [0.29, 0.717) is 24.5 Å². The topological polar surface area (TPSA) is 102 Å². The Bertz CT molecular complexity index is 639. The lowest BCUT2D eigenvalue weighted by Crippen LogP contribution is -2.37. The minimum Gasteiger partial charge on any atom is -0.344 e. The third kappa shape index (κ3) is 2.48. The molecule has 0 saturated carbocycles. The van der Waals surface area contributed by atoms with Gasteiger partial charge in [-0.2, -0.15) is 5.10 Å². The van der Waals surface area contributed by atoms with E-state index in [9.17, 15) is 9.59 Å². The summed E-state index contributed by atoms with van der Waals surface area (Å²) in [5.74, 6) is 0.540. The van der Waals surface area contributed by atoms with E-state index >= 15 is 0 Å². The van der Waals surface area contributed by atoms with Gasteiger partial charge in [0.15, 0.2) is 5.82 Å². The van der Waals surface area contributed by atoms with E-state index in [2.05, 4.69) is 25.7 Å². The van der Waals surface area contributed by atoms with Crippen LogP contribution in [0.15, 0.2) is 30.9 Å². The second-order valence-electron chi connectivity index (χ2n) is 4.36. The minimum absolute atomic E-state index is 0.106. The highest BCUT2D eigenvalue weighted by atomic mass is 16.2. The quantitative estimate of drug-likeness (QED) is 0.811. The van der Waals surface area contributed by atoms with Crippen LogP contribution in [0, 0.1) is 0 Å². The van der Waals surface area contributed by atoms with Crippen molar-refractivity contribution in [2.24, 2.45) is 0 Å². The van der Waals surface area contributed by atoms with Crippen LogP contribution in [0.2, 0.25) is 0 Å². The highest BCUT2D eigenvalue weighted by Crippen LogP contribution is 2.11. The van der Waals surface area contributed by atoms with Gasteiger partial charge in [-0.15, -0.1) is 0 Å². The van der Waals surface area contributed by atoms with Crippen LogP contribution >= 0.6 is 0 Å². The number of nitrogens with zero attached hydrogens (tertiary/aromatic N) is 4. The molecular formula is C12H12N6O2. The van der Waals surface area contributed by atoms with Crippen LogP contribution in [0.25, 0.3) is 5.82 Å². The van der Waals surface area contributed by atoms with Gasteiger partial charge in [0.1, 0.15) is 18.2 Å². The van der Waals surface area contributed by atoms with Gasteiger partial charge < -0.3 is 10.6 Å². The summed E-state index contributed by atoms with van der Waals surface area (Å²) in [5, 5.41) is 9.32. The summed E-state index contributed by atoms with van der Waals surface area (Å²) in [6.45, 7) is 0. The number of carbonyl (C=O) groups excluding carboxylic acids is 2. The van der Waals surface area contributed by atoms with Crippen molar-refractivity contribution >= 4 is 17.6 Å². The fourth-order valence-electron chi connectivity index (χ4n) is 1.97. The summed E-state index contributed by atoms with van der Waals surface area (Å²) in [5.41, 5.74) is 0. The fourth-order valence-corrected chi connectivity index (χ4v) is 1.97. The van der Waals surface area contributed by atoms with Crippen LogP contribution in [0.5, 0.6) is 0 Å². The third-order valence-electron chi connectivity index (χ3n) is 2.95. The molecule has 0 radical (unpaired) electrons. The molecule has 8 nitrogen and oxygen atoms in total. The number of nitrogens with one attached hydrogen (secondary N) is 2. The molecule has 0 spiro atoms. The highest BCUT2D eigenvalue weighted by Gasteiger charge is 2.27. The molecule has 3 rings (SSSR count). The van der Waals surface area contributed by atoms with Crippen LogP contribution in [0.1, 0.15) is 12.8 Å². The summed E-state index contributed by atoms with van der Waals surface area (Å²) < 4.78 is 1.56. The number of carbonyl (C=O) groups is 2. The SMILES string of the molecule is O=C1CCC(C(=O)Nc2cc(-n3cccn3)ncn2)N1. The molecule has 0 aliphatic carbocycles. The number of hydrogen-bond donors (Lipinski definition) is 2. The maximum absolute atomic E-state index is 11.9. The zero-order valence-corrected chi connectivity index (χ0v) is 10.5. The summed E-state index contributed by atoms with van der Waals surface area (Å²) in [6.07, 6.45) is 5.60. The van der Waals surface area contributed by atoms with Crippen molar-refractivity contribution in [1.82, 2.24) is 25.1 Å². The number of rotatable bonds is 3. The molecule has 1 saturated heterocycles. The zero-order chi connectivity index (χ0) is 13.9. The Morgan fingerprint density at radius 1 is 1.45 bits per heavy atom. The van der Waals surface area contributed by atoms with Gasteiger partial charge >= 0.3 is 0 Å². The third-order valence-corrected chi connectivity index (χ3v) is 2.95. The van der Waals surface area contributed by atoms with Crippen LogP contribution < -0.4 is 10.6 Å². The van der Waals surface area contributed by atoms with Crippen LogP contribution in [-0.4, -0.2) is 37.6 Å². The van der Waals surface area contributed by atoms with E-state index in [1.807, 2.05) is 0 Å². The van der Waals surface area contributed by atoms with Crippen molar-refractivity contribution < 1.29 is 9.59 Å². The van der Waals surface area contributed by atoms with Gasteiger partial charge in [-0.25, -0.2) is 14.6 Å². The Morgan fingerprint density at radius 3 is 3.05 bits per heavy atom. The number of aromatic nitrogens is 4. The van der Waals surface area contributed by atoms with Crippen LogP contribution in [0.3, 0.4) is 0 Å². The number of amides is 2. The van der Waals surface area contributed by atoms with E-state index < -0.39 is 6.04 Å². The summed E-state index contributed by atoms with van der Waals surface area (Å²) >= 11 is 0. The molecule has 0 aromatic carbocycles. The fraction of sp³-hybridized carbons (Fsp3) is 0.250. The zero-order valence-electron chi connectivity index (χ0n) is 10.5. The average Bonchev–Trinajstić information content (AvgIpc) is 3.10. The van der Waals surface area contributed by atoms with Gasteiger partial charge in [0, 0.05) is 24.9 Å². The van der Waals surface area contributed by atoms with E-state index in [1.54, 1.807) is 29.2 Å². The Balaban J connectivity index is 1.73. The maximum atomic E-state index is 11.9. The normalized spacial score (nSPS) is 17.8. The molecule has 102 valence electrons. The number of hydrogen-bond acceptors (Lipinski definition) is 5. The molecule has 1 fully saturated rings. The summed E-state index contributed by atoms with van der Waals surface area (Å²) in [4.78, 5) is 31.1. The van der Waals surface area contributed by atoms with Crippen molar-refractivity contribution in [3.05, 3.63) is 30.9 Å². The first-order valence-electron chi connectivity index (χ1n) is 6.15. The highest BCUT2D eigenvalue weighted by molar-refractivity contribution is 5.98. The van der Waals surface area contributed by atoms with E-state index in [-0.39, 0.29) is 11.8 Å². The van der Waals surface area contributed by atoms with Crippen molar-refractivity contribution in [2.45, 2.75) is 18.9 Å². The molecule has 2 aromatic rings. The smallest absolute Gasteiger partial charge is 0.248 e. The molecule has 3 heterocycles. The molecule has 2 amide bonds. The Labute approximate surface area is 114 Å². The molecule has 1 aliphatic rings. The van der Waals surface area contributed by atoms with Gasteiger partial charge in [0.05, 0.1) is 0 Å². The number of anilines is 1. The second-order valence-corrected chi connectivity index (χ2v) is 4.36. The maximum Gasteiger partial charge on any atom is 0.248 e. The van der Waals surface area contributed by atoms with Gasteiger partial charge in [-0.3, -0.25) is 9.59 Å². The molecule has 1 atom stereocenters. The first kappa shape index (κ1) is 12.3. The monoisotopic (exact) mass is 272 g/mol. The van der Waals surface area contributed by atoms with E-state index in [1.165, 1.54) is 6.33 Å². The molecule has 0 bridgehead atoms. The largest absolute Gasteiger partial charge is 0.344 e. The molecule has 8 heteroatoms. The molecule has 1 unspecified atom stereocenters. The van der Waals surface area contributed by atoms with Crippen molar-refractivity contribution in [3.63, 3.8) is 0 Å². The minimum atomic E-state index is -0.495. The molecule has 2 N–H and O–H groups in total. The Hall–Kier alpha value is -2.77. The summed E-state index contributed by atoms with van der Waals surface area (Å²) in [6, 6.07) is 2.89. The molecule has 20 heavy (non-hydrogen) atoms. The average molecular weight is 272 g/mol. The molecule has 2 aromatic heterocycles. The van der Waals surface area contributed by atoms with Crippen LogP contribution in [0.4, 0.5) is 5.82 Å². The second kappa shape index (κ2) is 5.08. The van der Waals surface area contributed by atoms with Crippen LogP contribution in [-0.2, 0) is 9.59 Å². The van der Waals surface area contributed by atoms with Gasteiger partial charge in [-0.1, -0.05) is 0 Å². The molecular weight excluding hydrogens is 260 g/mol. The first-order valence-corrected chi connectivity index (χ1v) is 6.15. The van der Waals surface area contributed by atoms with Crippen molar-refractivity contribution in [2.75, 3.05) is 5.32 Å². The lowest BCUT2D eigenvalue weighted by atomic mass is 10.2. The van der Waals surface area contributed by atoms with E-state index in [0.717, 1.165) is 0 Å². The van der Waals surface area contributed by atoms with Gasteiger partial charge in [-0.05, 0) is 12.5 Å². The predicted molar refractivity (Wildman–Crippen MR) is 68.9 cm³/mol. The predicted octanol–water partition coefficient (Wildman–Crippen LogP) is -0.121. The lowest BCUT2D eigenvalue weighted by Gasteiger charge is -2.10. The summed E-state index contributed by atoms with van der Waals surface area (Å²) in [7, 11) is 0. The Morgan fingerprint density at radius 2 is 2.35 bits per heavy atom. The Kier molecular flexibility index (Phi) is 3.12. The van der Waals surface area contributed by atoms with Gasteiger partial charge in [0.25, 0.3) is 0 Å². The van der Waals surface area contributed by atoms with Gasteiger partial charge in [0.2, 0.25) is 11.8 Å². The van der Waals surface area contributed by atoms with E-state index in [4.69, 9.17) is 0 Å². The standard InChI is InChI=1S/C12H12N6O2/c19-11-3-2-8(16-11)12(20)17-9-6-10(14-7-13-9)18-5-1-4-15-18/h1,4-8H,2-3H2,(H,16,19)(H,13,14,17,20).